The van der Waals surface area contributed by atoms with Crippen molar-refractivity contribution in [1.82, 2.24) is 9.78 Å². The maximum absolute atomic E-state index is 6.30. The Morgan fingerprint density at radius 3 is 2.43 bits per heavy atom. The van der Waals surface area contributed by atoms with Crippen molar-refractivity contribution in [2.75, 3.05) is 5.73 Å². The monoisotopic (exact) mass is 285 g/mol. The van der Waals surface area contributed by atoms with Crippen LogP contribution in [0.2, 0.25) is 0 Å². The molecule has 0 saturated heterocycles. The van der Waals surface area contributed by atoms with E-state index in [1.807, 2.05) is 11.7 Å². The van der Waals surface area contributed by atoms with Crippen LogP contribution in [0.4, 0.5) is 5.82 Å². The smallest absolute Gasteiger partial charge is 0.129 e. The highest BCUT2D eigenvalue weighted by Crippen LogP contribution is 2.37. The van der Waals surface area contributed by atoms with Crippen LogP contribution in [0, 0.1) is 6.92 Å². The van der Waals surface area contributed by atoms with Gasteiger partial charge in [0.25, 0.3) is 0 Å². The average molecular weight is 285 g/mol. The fourth-order valence-corrected chi connectivity index (χ4v) is 2.84. The van der Waals surface area contributed by atoms with E-state index in [0.29, 0.717) is 5.92 Å². The minimum atomic E-state index is 0.491. The third-order valence-corrected chi connectivity index (χ3v) is 4.24. The van der Waals surface area contributed by atoms with E-state index in [9.17, 15) is 0 Å². The van der Waals surface area contributed by atoms with Crippen LogP contribution < -0.4 is 5.73 Å². The Kier molecular flexibility index (Phi) is 5.05. The van der Waals surface area contributed by atoms with Gasteiger partial charge in [0.15, 0.2) is 0 Å². The maximum Gasteiger partial charge on any atom is 0.129 e. The Morgan fingerprint density at radius 1 is 1.19 bits per heavy atom. The van der Waals surface area contributed by atoms with E-state index >= 15 is 0 Å². The highest BCUT2D eigenvalue weighted by molar-refractivity contribution is 5.77. The van der Waals surface area contributed by atoms with Crippen molar-refractivity contribution in [3.8, 4) is 11.1 Å². The lowest BCUT2D eigenvalue weighted by Crippen LogP contribution is -2.01. The second-order valence-electron chi connectivity index (χ2n) is 5.88. The number of nitrogens with two attached hydrogens (primary N) is 1. The summed E-state index contributed by atoms with van der Waals surface area (Å²) >= 11 is 0. The molecule has 0 aliphatic heterocycles. The van der Waals surface area contributed by atoms with E-state index in [1.54, 1.807) is 0 Å². The lowest BCUT2D eigenvalue weighted by molar-refractivity contribution is 0.549. The second-order valence-corrected chi connectivity index (χ2v) is 5.88. The van der Waals surface area contributed by atoms with Gasteiger partial charge in [0.1, 0.15) is 5.82 Å². The number of nitrogen functional groups attached to an aromatic ring is 1. The number of anilines is 1. The first kappa shape index (κ1) is 15.6. The molecule has 0 saturated carbocycles. The topological polar surface area (TPSA) is 43.8 Å². The van der Waals surface area contributed by atoms with Crippen molar-refractivity contribution in [1.29, 1.82) is 0 Å². The summed E-state index contributed by atoms with van der Waals surface area (Å²) in [7, 11) is 1.93. The maximum atomic E-state index is 6.30. The average Bonchev–Trinajstić information content (AvgIpc) is 2.77. The molecule has 1 heterocycles. The highest BCUT2D eigenvalue weighted by atomic mass is 15.3. The minimum Gasteiger partial charge on any atom is -0.383 e. The van der Waals surface area contributed by atoms with Gasteiger partial charge in [0, 0.05) is 18.5 Å². The third kappa shape index (κ3) is 3.29. The number of hydrogen-bond donors (Lipinski definition) is 1. The van der Waals surface area contributed by atoms with E-state index in [4.69, 9.17) is 10.8 Å². The molecule has 1 aromatic carbocycles. The zero-order valence-electron chi connectivity index (χ0n) is 13.7. The van der Waals surface area contributed by atoms with Crippen LogP contribution in [-0.4, -0.2) is 9.78 Å². The lowest BCUT2D eigenvalue weighted by atomic mass is 9.90. The highest BCUT2D eigenvalue weighted by Gasteiger charge is 2.22. The van der Waals surface area contributed by atoms with Crippen molar-refractivity contribution in [2.45, 2.75) is 52.4 Å². The first-order valence-electron chi connectivity index (χ1n) is 7.97. The van der Waals surface area contributed by atoms with E-state index < -0.39 is 0 Å². The van der Waals surface area contributed by atoms with Gasteiger partial charge in [0.2, 0.25) is 0 Å². The molecule has 0 amide bonds. The van der Waals surface area contributed by atoms with Gasteiger partial charge in [-0.2, -0.15) is 5.10 Å². The predicted molar refractivity (Wildman–Crippen MR) is 90.4 cm³/mol. The SMILES string of the molecule is CCCCC(CC)c1nn(C)c(N)c1-c1ccc(C)cc1. The van der Waals surface area contributed by atoms with E-state index in [2.05, 4.69) is 45.0 Å². The Bertz CT molecular complexity index is 581. The molecule has 114 valence electrons. The number of aryl methyl sites for hydroxylation is 2. The third-order valence-electron chi connectivity index (χ3n) is 4.24. The summed E-state index contributed by atoms with van der Waals surface area (Å²) in [6.45, 7) is 6.58. The molecule has 21 heavy (non-hydrogen) atoms. The van der Waals surface area contributed by atoms with E-state index in [0.717, 1.165) is 23.5 Å². The first-order chi connectivity index (χ1) is 10.1. The molecule has 0 fully saturated rings. The van der Waals surface area contributed by atoms with Crippen molar-refractivity contribution in [3.63, 3.8) is 0 Å². The van der Waals surface area contributed by atoms with Gasteiger partial charge in [-0.1, -0.05) is 56.5 Å². The quantitative estimate of drug-likeness (QED) is 0.838. The van der Waals surface area contributed by atoms with Crippen LogP contribution in [0.5, 0.6) is 0 Å². The summed E-state index contributed by atoms with van der Waals surface area (Å²) in [6, 6.07) is 8.58. The van der Waals surface area contributed by atoms with Crippen LogP contribution in [-0.2, 0) is 7.05 Å². The molecule has 1 unspecified atom stereocenters. The Morgan fingerprint density at radius 2 is 1.86 bits per heavy atom. The van der Waals surface area contributed by atoms with Gasteiger partial charge in [0.05, 0.1) is 5.69 Å². The first-order valence-corrected chi connectivity index (χ1v) is 7.97. The van der Waals surface area contributed by atoms with Gasteiger partial charge in [-0.05, 0) is 25.3 Å². The van der Waals surface area contributed by atoms with Gasteiger partial charge in [-0.3, -0.25) is 4.68 Å². The number of hydrogen-bond acceptors (Lipinski definition) is 2. The zero-order valence-corrected chi connectivity index (χ0v) is 13.7. The van der Waals surface area contributed by atoms with Crippen LogP contribution in [0.15, 0.2) is 24.3 Å². The van der Waals surface area contributed by atoms with Crippen LogP contribution >= 0.6 is 0 Å². The van der Waals surface area contributed by atoms with Crippen molar-refractivity contribution < 1.29 is 0 Å². The molecule has 1 aromatic heterocycles. The minimum absolute atomic E-state index is 0.491. The Hall–Kier alpha value is -1.77. The molecule has 2 aromatic rings. The van der Waals surface area contributed by atoms with Crippen molar-refractivity contribution in [2.24, 2.45) is 7.05 Å². The molecule has 3 nitrogen and oxygen atoms in total. The molecule has 3 heteroatoms. The fourth-order valence-electron chi connectivity index (χ4n) is 2.84. The molecular weight excluding hydrogens is 258 g/mol. The van der Waals surface area contributed by atoms with Gasteiger partial charge >= 0.3 is 0 Å². The molecule has 0 aliphatic carbocycles. The Balaban J connectivity index is 2.46. The fraction of sp³-hybridized carbons (Fsp3) is 0.500. The normalized spacial score (nSPS) is 12.6. The summed E-state index contributed by atoms with van der Waals surface area (Å²) in [5.41, 5.74) is 11.0. The van der Waals surface area contributed by atoms with Gasteiger partial charge < -0.3 is 5.73 Å². The number of aromatic nitrogens is 2. The molecular formula is C18H27N3. The Labute approximate surface area is 128 Å². The molecule has 0 bridgehead atoms. The zero-order chi connectivity index (χ0) is 15.4. The molecule has 2 N–H and O–H groups in total. The summed E-state index contributed by atoms with van der Waals surface area (Å²) < 4.78 is 1.82. The number of rotatable bonds is 6. The van der Waals surface area contributed by atoms with E-state index in [1.165, 1.54) is 30.4 Å². The van der Waals surface area contributed by atoms with Crippen LogP contribution in [0.1, 0.15) is 56.7 Å². The molecule has 0 radical (unpaired) electrons. The molecule has 0 aliphatic rings. The number of unbranched alkanes of at least 4 members (excludes halogenated alkanes) is 1. The summed E-state index contributed by atoms with van der Waals surface area (Å²) in [5.74, 6) is 1.26. The second kappa shape index (κ2) is 6.79. The lowest BCUT2D eigenvalue weighted by Gasteiger charge is -2.14. The van der Waals surface area contributed by atoms with Crippen LogP contribution in [0.3, 0.4) is 0 Å². The van der Waals surface area contributed by atoms with Gasteiger partial charge in [-0.15, -0.1) is 0 Å². The summed E-state index contributed by atoms with van der Waals surface area (Å²) in [5, 5.41) is 4.72. The summed E-state index contributed by atoms with van der Waals surface area (Å²) in [6.07, 6.45) is 4.75. The van der Waals surface area contributed by atoms with Crippen molar-refractivity contribution >= 4 is 5.82 Å². The standard InChI is InChI=1S/C18H27N3/c1-5-7-8-14(6-2)17-16(18(19)21(4)20-17)15-11-9-13(3)10-12-15/h9-12,14H,5-8,19H2,1-4H3. The number of nitrogens with zero attached hydrogens (tertiary/aromatic N) is 2. The largest absolute Gasteiger partial charge is 0.383 e. The molecule has 1 atom stereocenters. The summed E-state index contributed by atoms with van der Waals surface area (Å²) in [4.78, 5) is 0. The van der Waals surface area contributed by atoms with Gasteiger partial charge in [-0.25, -0.2) is 0 Å². The number of benzene rings is 1. The van der Waals surface area contributed by atoms with Crippen molar-refractivity contribution in [3.05, 3.63) is 35.5 Å². The predicted octanol–water partition coefficient (Wildman–Crippen LogP) is 4.66. The van der Waals surface area contributed by atoms with Crippen LogP contribution in [0.25, 0.3) is 11.1 Å². The van der Waals surface area contributed by atoms with E-state index in [-0.39, 0.29) is 0 Å². The molecule has 2 rings (SSSR count). The molecule has 0 spiro atoms.